The molecule has 5 aromatic carbocycles. The van der Waals surface area contributed by atoms with Crippen molar-refractivity contribution in [2.24, 2.45) is 0 Å². The van der Waals surface area contributed by atoms with Crippen molar-refractivity contribution < 1.29 is 4.42 Å². The van der Waals surface area contributed by atoms with E-state index in [0.717, 1.165) is 66.3 Å². The average Bonchev–Trinajstić information content (AvgIpc) is 3.53. The van der Waals surface area contributed by atoms with Gasteiger partial charge in [0.15, 0.2) is 17.5 Å². The molecule has 0 saturated carbocycles. The summed E-state index contributed by atoms with van der Waals surface area (Å²) in [6.45, 7) is 0. The highest BCUT2D eigenvalue weighted by molar-refractivity contribution is 6.12. The summed E-state index contributed by atoms with van der Waals surface area (Å²) < 4.78 is 6.34. The lowest BCUT2D eigenvalue weighted by Gasteiger charge is -2.10. The number of pyridine rings is 2. The Kier molecular flexibility index (Phi) is 6.35. The first-order valence-electron chi connectivity index (χ1n) is 15.4. The van der Waals surface area contributed by atoms with Crippen molar-refractivity contribution in [3.8, 4) is 56.7 Å². The van der Waals surface area contributed by atoms with Crippen molar-refractivity contribution >= 4 is 32.8 Å². The number of fused-ring (bicyclic) bond motifs is 4. The fourth-order valence-electron chi connectivity index (χ4n) is 6.08. The zero-order valence-corrected chi connectivity index (χ0v) is 25.1. The molecular weight excluding hydrogens is 578 g/mol. The second kappa shape index (κ2) is 11.1. The van der Waals surface area contributed by atoms with E-state index in [2.05, 4.69) is 47.4 Å². The minimum atomic E-state index is 0.577. The maximum Gasteiger partial charge on any atom is 0.227 e. The highest BCUT2D eigenvalue weighted by Crippen LogP contribution is 2.38. The van der Waals surface area contributed by atoms with Gasteiger partial charge >= 0.3 is 0 Å². The molecule has 0 amide bonds. The van der Waals surface area contributed by atoms with E-state index < -0.39 is 0 Å². The molecule has 0 bridgehead atoms. The fourth-order valence-corrected chi connectivity index (χ4v) is 6.08. The Morgan fingerprint density at radius 3 is 1.79 bits per heavy atom. The molecular formula is C41H25N5O. The Morgan fingerprint density at radius 2 is 1.04 bits per heavy atom. The monoisotopic (exact) mass is 603 g/mol. The standard InChI is InChI=1S/C41H25N5O/c1-3-11-26(12-4-1)38-44-39(27-13-5-2-6-14-27)46-40(45-38)30-18-9-17-29(23-30)32-19-10-20-36-37(32)33-21-22-34(43-41(33)47-36)35-24-28-15-7-8-16-31(28)25-42-35/h1-25H. The number of hydrogen-bond acceptors (Lipinski definition) is 6. The van der Waals surface area contributed by atoms with Crippen molar-refractivity contribution in [3.05, 3.63) is 152 Å². The lowest BCUT2D eigenvalue weighted by atomic mass is 9.98. The maximum atomic E-state index is 6.34. The number of aromatic nitrogens is 5. The molecule has 0 unspecified atom stereocenters. The van der Waals surface area contributed by atoms with Crippen LogP contribution in [0.5, 0.6) is 0 Å². The Hall–Kier alpha value is -6.53. The van der Waals surface area contributed by atoms with Crippen LogP contribution in [0.3, 0.4) is 0 Å². The van der Waals surface area contributed by atoms with Crippen LogP contribution < -0.4 is 0 Å². The van der Waals surface area contributed by atoms with Gasteiger partial charge in [-0.25, -0.2) is 19.9 Å². The van der Waals surface area contributed by atoms with E-state index in [1.54, 1.807) is 0 Å². The third-order valence-electron chi connectivity index (χ3n) is 8.39. The Bertz CT molecular complexity index is 2520. The fraction of sp³-hybridized carbons (Fsp3) is 0. The Morgan fingerprint density at radius 1 is 0.426 bits per heavy atom. The van der Waals surface area contributed by atoms with Crippen LogP contribution in [0, 0.1) is 0 Å². The summed E-state index contributed by atoms with van der Waals surface area (Å²) in [6, 6.07) is 48.8. The molecule has 6 nitrogen and oxygen atoms in total. The second-order valence-electron chi connectivity index (χ2n) is 11.4. The van der Waals surface area contributed by atoms with Crippen molar-refractivity contribution in [1.82, 2.24) is 24.9 Å². The smallest absolute Gasteiger partial charge is 0.227 e. The zero-order chi connectivity index (χ0) is 31.2. The molecule has 4 heterocycles. The molecule has 0 aliphatic carbocycles. The number of furan rings is 1. The summed E-state index contributed by atoms with van der Waals surface area (Å²) in [6.07, 6.45) is 1.89. The van der Waals surface area contributed by atoms with Gasteiger partial charge in [0.25, 0.3) is 0 Å². The van der Waals surface area contributed by atoms with Crippen LogP contribution in [0.1, 0.15) is 0 Å². The molecule has 6 heteroatoms. The molecule has 0 fully saturated rings. The third-order valence-corrected chi connectivity index (χ3v) is 8.39. The molecule has 9 rings (SSSR count). The summed E-state index contributed by atoms with van der Waals surface area (Å²) in [5.74, 6) is 1.87. The predicted octanol–water partition coefficient (Wildman–Crippen LogP) is 10.0. The van der Waals surface area contributed by atoms with Gasteiger partial charge in [-0.1, -0.05) is 115 Å². The van der Waals surface area contributed by atoms with E-state index in [4.69, 9.17) is 24.4 Å². The summed E-state index contributed by atoms with van der Waals surface area (Å²) in [5.41, 5.74) is 7.76. The summed E-state index contributed by atoms with van der Waals surface area (Å²) in [7, 11) is 0. The van der Waals surface area contributed by atoms with E-state index in [1.165, 1.54) is 0 Å². The minimum absolute atomic E-state index is 0.577. The van der Waals surface area contributed by atoms with E-state index in [0.29, 0.717) is 23.2 Å². The first kappa shape index (κ1) is 26.8. The SMILES string of the molecule is c1ccc(-c2nc(-c3ccccc3)nc(-c3cccc(-c4cccc5oc6nc(-c7cc8ccccc8cn7)ccc6c45)c3)n2)cc1. The van der Waals surface area contributed by atoms with Crippen LogP contribution in [0.4, 0.5) is 0 Å². The van der Waals surface area contributed by atoms with Crippen LogP contribution >= 0.6 is 0 Å². The molecule has 47 heavy (non-hydrogen) atoms. The van der Waals surface area contributed by atoms with Gasteiger partial charge in [-0.05, 0) is 46.8 Å². The average molecular weight is 604 g/mol. The predicted molar refractivity (Wildman–Crippen MR) is 187 cm³/mol. The van der Waals surface area contributed by atoms with Crippen molar-refractivity contribution in [2.75, 3.05) is 0 Å². The summed E-state index contributed by atoms with van der Waals surface area (Å²) >= 11 is 0. The number of nitrogens with zero attached hydrogens (tertiary/aromatic N) is 5. The van der Waals surface area contributed by atoms with Gasteiger partial charge in [0.05, 0.1) is 11.4 Å². The quantitative estimate of drug-likeness (QED) is 0.195. The highest BCUT2D eigenvalue weighted by atomic mass is 16.3. The van der Waals surface area contributed by atoms with E-state index in [-0.39, 0.29) is 0 Å². The normalized spacial score (nSPS) is 11.4. The molecule has 0 radical (unpaired) electrons. The Labute approximate surface area is 270 Å². The molecule has 220 valence electrons. The molecule has 0 aliphatic rings. The molecule has 0 saturated heterocycles. The van der Waals surface area contributed by atoms with Crippen molar-refractivity contribution in [1.29, 1.82) is 0 Å². The lowest BCUT2D eigenvalue weighted by molar-refractivity contribution is 0.654. The largest absolute Gasteiger partial charge is 0.438 e. The van der Waals surface area contributed by atoms with Gasteiger partial charge in [-0.15, -0.1) is 0 Å². The Balaban J connectivity index is 1.16. The van der Waals surface area contributed by atoms with Crippen LogP contribution in [0.25, 0.3) is 89.5 Å². The zero-order valence-electron chi connectivity index (χ0n) is 25.1. The van der Waals surface area contributed by atoms with Crippen LogP contribution in [0.15, 0.2) is 156 Å². The number of rotatable bonds is 5. The van der Waals surface area contributed by atoms with Gasteiger partial charge in [0.2, 0.25) is 5.71 Å². The molecule has 9 aromatic rings. The molecule has 0 spiro atoms. The maximum absolute atomic E-state index is 6.34. The van der Waals surface area contributed by atoms with E-state index in [9.17, 15) is 0 Å². The van der Waals surface area contributed by atoms with Gasteiger partial charge < -0.3 is 4.42 Å². The minimum Gasteiger partial charge on any atom is -0.438 e. The summed E-state index contributed by atoms with van der Waals surface area (Å²) in [4.78, 5) is 24.3. The topological polar surface area (TPSA) is 77.6 Å². The lowest BCUT2D eigenvalue weighted by Crippen LogP contribution is -2.00. The molecule has 4 aromatic heterocycles. The van der Waals surface area contributed by atoms with Crippen LogP contribution in [0.2, 0.25) is 0 Å². The highest BCUT2D eigenvalue weighted by Gasteiger charge is 2.17. The first-order valence-corrected chi connectivity index (χ1v) is 15.4. The van der Waals surface area contributed by atoms with Gasteiger partial charge in [0.1, 0.15) is 5.58 Å². The van der Waals surface area contributed by atoms with E-state index in [1.807, 2.05) is 109 Å². The van der Waals surface area contributed by atoms with E-state index >= 15 is 0 Å². The summed E-state index contributed by atoms with van der Waals surface area (Å²) in [5, 5.41) is 4.17. The second-order valence-corrected chi connectivity index (χ2v) is 11.4. The number of benzene rings is 5. The van der Waals surface area contributed by atoms with Crippen molar-refractivity contribution in [3.63, 3.8) is 0 Å². The molecule has 0 N–H and O–H groups in total. The van der Waals surface area contributed by atoms with Gasteiger partial charge in [-0.3, -0.25) is 4.98 Å². The van der Waals surface area contributed by atoms with Crippen LogP contribution in [-0.4, -0.2) is 24.9 Å². The number of hydrogen-bond donors (Lipinski definition) is 0. The van der Waals surface area contributed by atoms with Gasteiger partial charge in [0, 0.05) is 39.0 Å². The molecule has 0 atom stereocenters. The van der Waals surface area contributed by atoms with Crippen LogP contribution in [-0.2, 0) is 0 Å². The first-order chi connectivity index (χ1) is 23.3. The molecule has 0 aliphatic heterocycles. The van der Waals surface area contributed by atoms with Gasteiger partial charge in [-0.2, -0.15) is 0 Å². The third kappa shape index (κ3) is 4.89. The van der Waals surface area contributed by atoms with Crippen molar-refractivity contribution in [2.45, 2.75) is 0 Å².